The zero-order valence-corrected chi connectivity index (χ0v) is 17.2. The predicted molar refractivity (Wildman–Crippen MR) is 107 cm³/mol. The number of rotatable bonds is 3. The molecule has 0 spiro atoms. The van der Waals surface area contributed by atoms with Crippen molar-refractivity contribution < 1.29 is 19.5 Å². The van der Waals surface area contributed by atoms with Crippen molar-refractivity contribution in [2.24, 2.45) is 4.99 Å². The van der Waals surface area contributed by atoms with E-state index in [0.717, 1.165) is 25.6 Å². The van der Waals surface area contributed by atoms with Gasteiger partial charge >= 0.3 is 5.97 Å². The molecule has 2 N–H and O–H groups in total. The van der Waals surface area contributed by atoms with E-state index in [2.05, 4.69) is 42.0 Å². The summed E-state index contributed by atoms with van der Waals surface area (Å²) < 4.78 is 6.82. The van der Waals surface area contributed by atoms with Gasteiger partial charge in [0.15, 0.2) is 5.58 Å². The van der Waals surface area contributed by atoms with Gasteiger partial charge in [-0.2, -0.15) is 0 Å². The Kier molecular flexibility index (Phi) is 6.93. The minimum atomic E-state index is -0.994. The molecule has 6 nitrogen and oxygen atoms in total. The lowest BCUT2D eigenvalue weighted by molar-refractivity contribution is -0.135. The Bertz CT molecular complexity index is 967. The third-order valence-electron chi connectivity index (χ3n) is 3.42. The minimum Gasteiger partial charge on any atom is -0.507 e. The van der Waals surface area contributed by atoms with Crippen LogP contribution >= 0.6 is 31.9 Å². The van der Waals surface area contributed by atoms with Gasteiger partial charge in [-0.05, 0) is 50.2 Å². The minimum absolute atomic E-state index is 0.0796. The van der Waals surface area contributed by atoms with Crippen molar-refractivity contribution in [3.05, 3.63) is 56.6 Å². The standard InChI is InChI=1S/C10H10BrNO3.C8H6BrNO/c1-6(12-5-10(14)15)8-3-2-7(11)4-9(8)13;1-5-7-3-2-6(9)4-8(7)11-10-5/h2-4,13H,5H2,1H3,(H,14,15);2-4H,1H3/b12-6+;. The van der Waals surface area contributed by atoms with Gasteiger partial charge in [0.25, 0.3) is 0 Å². The third-order valence-corrected chi connectivity index (χ3v) is 4.40. The number of hydrogen-bond donors (Lipinski definition) is 2. The van der Waals surface area contributed by atoms with Crippen molar-refractivity contribution in [2.75, 3.05) is 6.54 Å². The lowest BCUT2D eigenvalue weighted by atomic mass is 10.1. The number of hydrogen-bond acceptors (Lipinski definition) is 5. The molecule has 136 valence electrons. The highest BCUT2D eigenvalue weighted by Crippen LogP contribution is 2.23. The summed E-state index contributed by atoms with van der Waals surface area (Å²) in [6.07, 6.45) is 0. The normalized spacial score (nSPS) is 11.2. The van der Waals surface area contributed by atoms with Crippen molar-refractivity contribution in [1.29, 1.82) is 0 Å². The Balaban J connectivity index is 0.000000195. The maximum atomic E-state index is 10.3. The fourth-order valence-electron chi connectivity index (χ4n) is 2.12. The predicted octanol–water partition coefficient (Wildman–Crippen LogP) is 4.95. The van der Waals surface area contributed by atoms with Crippen LogP contribution in [0.5, 0.6) is 5.75 Å². The van der Waals surface area contributed by atoms with Crippen LogP contribution in [-0.2, 0) is 4.79 Å². The Labute approximate surface area is 166 Å². The van der Waals surface area contributed by atoms with Gasteiger partial charge in [0.1, 0.15) is 12.3 Å². The monoisotopic (exact) mass is 482 g/mol. The number of halogens is 2. The van der Waals surface area contributed by atoms with Crippen molar-refractivity contribution in [1.82, 2.24) is 5.16 Å². The molecule has 8 heteroatoms. The summed E-state index contributed by atoms with van der Waals surface area (Å²) >= 11 is 6.57. The summed E-state index contributed by atoms with van der Waals surface area (Å²) in [6.45, 7) is 3.30. The number of aromatic nitrogens is 1. The van der Waals surface area contributed by atoms with Gasteiger partial charge in [0, 0.05) is 25.6 Å². The average Bonchev–Trinajstić information content (AvgIpc) is 2.93. The van der Waals surface area contributed by atoms with Crippen LogP contribution in [0.1, 0.15) is 18.2 Å². The first-order chi connectivity index (χ1) is 12.3. The number of carboxylic acid groups (broad SMARTS) is 1. The highest BCUT2D eigenvalue weighted by Gasteiger charge is 2.05. The number of aliphatic imine (C=N–C) groups is 1. The number of phenols is 1. The van der Waals surface area contributed by atoms with Gasteiger partial charge in [-0.3, -0.25) is 9.79 Å². The lowest BCUT2D eigenvalue weighted by Gasteiger charge is -2.03. The first-order valence-corrected chi connectivity index (χ1v) is 9.10. The Morgan fingerprint density at radius 2 is 1.85 bits per heavy atom. The molecular weight excluding hydrogens is 468 g/mol. The molecule has 0 saturated carbocycles. The maximum Gasteiger partial charge on any atom is 0.325 e. The van der Waals surface area contributed by atoms with E-state index in [9.17, 15) is 9.90 Å². The number of phenolic OH excluding ortho intramolecular Hbond substituents is 1. The topological polar surface area (TPSA) is 95.9 Å². The van der Waals surface area contributed by atoms with Crippen molar-refractivity contribution in [3.8, 4) is 5.75 Å². The third kappa shape index (κ3) is 5.40. The quantitative estimate of drug-likeness (QED) is 0.514. The van der Waals surface area contributed by atoms with E-state index >= 15 is 0 Å². The van der Waals surface area contributed by atoms with Gasteiger partial charge in [-0.25, -0.2) is 0 Å². The molecule has 0 aliphatic heterocycles. The van der Waals surface area contributed by atoms with Crippen LogP contribution in [0.4, 0.5) is 0 Å². The van der Waals surface area contributed by atoms with Gasteiger partial charge in [0.2, 0.25) is 0 Å². The molecule has 0 fully saturated rings. The first kappa shape index (κ1) is 20.1. The second-order valence-corrected chi connectivity index (χ2v) is 7.20. The van der Waals surface area contributed by atoms with Gasteiger partial charge in [-0.15, -0.1) is 0 Å². The van der Waals surface area contributed by atoms with E-state index in [4.69, 9.17) is 9.63 Å². The molecule has 2 aromatic carbocycles. The molecule has 26 heavy (non-hydrogen) atoms. The summed E-state index contributed by atoms with van der Waals surface area (Å²) in [4.78, 5) is 14.1. The smallest absolute Gasteiger partial charge is 0.325 e. The number of fused-ring (bicyclic) bond motifs is 1. The van der Waals surface area contributed by atoms with E-state index in [1.807, 2.05) is 25.1 Å². The number of nitrogens with zero attached hydrogens (tertiary/aromatic N) is 2. The van der Waals surface area contributed by atoms with Crippen LogP contribution < -0.4 is 0 Å². The molecule has 0 atom stereocenters. The molecule has 0 radical (unpaired) electrons. The summed E-state index contributed by atoms with van der Waals surface area (Å²) in [7, 11) is 0. The van der Waals surface area contributed by atoms with E-state index in [1.54, 1.807) is 19.1 Å². The van der Waals surface area contributed by atoms with Crippen LogP contribution in [0.2, 0.25) is 0 Å². The second-order valence-electron chi connectivity index (χ2n) is 5.37. The number of carboxylic acids is 1. The van der Waals surface area contributed by atoms with Crippen LogP contribution in [0.15, 0.2) is 54.9 Å². The maximum absolute atomic E-state index is 10.3. The molecule has 0 aliphatic rings. The molecule has 0 unspecified atom stereocenters. The van der Waals surface area contributed by atoms with Gasteiger partial charge in [0.05, 0.1) is 5.69 Å². The molecule has 1 aromatic heterocycles. The number of aryl methyl sites for hydroxylation is 1. The molecule has 0 saturated heterocycles. The number of aliphatic carboxylic acids is 1. The average molecular weight is 484 g/mol. The Morgan fingerprint density at radius 3 is 2.50 bits per heavy atom. The molecule has 1 heterocycles. The highest BCUT2D eigenvalue weighted by molar-refractivity contribution is 9.10. The van der Waals surface area contributed by atoms with Gasteiger partial charge < -0.3 is 14.7 Å². The molecule has 0 aliphatic carbocycles. The van der Waals surface area contributed by atoms with Crippen molar-refractivity contribution in [3.63, 3.8) is 0 Å². The zero-order valence-electron chi connectivity index (χ0n) is 14.0. The molecule has 0 bridgehead atoms. The molecular formula is C18H16Br2N2O4. The highest BCUT2D eigenvalue weighted by atomic mass is 79.9. The summed E-state index contributed by atoms with van der Waals surface area (Å²) in [5.41, 5.74) is 2.81. The van der Waals surface area contributed by atoms with E-state index in [0.29, 0.717) is 11.3 Å². The largest absolute Gasteiger partial charge is 0.507 e. The summed E-state index contributed by atoms with van der Waals surface area (Å²) in [5, 5.41) is 22.9. The zero-order chi connectivity index (χ0) is 19.3. The fraction of sp³-hybridized carbons (Fsp3) is 0.167. The summed E-state index contributed by atoms with van der Waals surface area (Å²) in [6, 6.07) is 10.9. The number of aromatic hydroxyl groups is 1. The molecule has 3 rings (SSSR count). The Hall–Kier alpha value is -2.19. The van der Waals surface area contributed by atoms with Crippen LogP contribution in [-0.4, -0.2) is 33.6 Å². The van der Waals surface area contributed by atoms with Crippen LogP contribution in [0, 0.1) is 6.92 Å². The second kappa shape index (κ2) is 8.95. The van der Waals surface area contributed by atoms with Crippen LogP contribution in [0.25, 0.3) is 11.0 Å². The molecule has 3 aromatic rings. The summed E-state index contributed by atoms with van der Waals surface area (Å²) in [5.74, 6) is -0.915. The first-order valence-electron chi connectivity index (χ1n) is 7.51. The van der Waals surface area contributed by atoms with E-state index in [1.165, 1.54) is 6.07 Å². The van der Waals surface area contributed by atoms with Crippen molar-refractivity contribution >= 4 is 54.5 Å². The lowest BCUT2D eigenvalue weighted by Crippen LogP contribution is -2.04. The Morgan fingerprint density at radius 1 is 1.19 bits per heavy atom. The van der Waals surface area contributed by atoms with E-state index < -0.39 is 5.97 Å². The fourth-order valence-corrected chi connectivity index (χ4v) is 2.81. The van der Waals surface area contributed by atoms with Crippen LogP contribution in [0.3, 0.4) is 0 Å². The van der Waals surface area contributed by atoms with Gasteiger partial charge in [-0.1, -0.05) is 37.0 Å². The number of carbonyl (C=O) groups is 1. The van der Waals surface area contributed by atoms with Crippen molar-refractivity contribution in [2.45, 2.75) is 13.8 Å². The molecule has 0 amide bonds. The number of benzene rings is 2. The van der Waals surface area contributed by atoms with E-state index in [-0.39, 0.29) is 12.3 Å². The SMILES string of the molecule is C/C(=N\CC(=O)O)c1ccc(Br)cc1O.Cc1noc2cc(Br)ccc12.